The Kier molecular flexibility index (Phi) is 12.2. The molecule has 1 N–H and O–H groups in total. The lowest BCUT2D eigenvalue weighted by Crippen LogP contribution is -2.48. The van der Waals surface area contributed by atoms with Gasteiger partial charge in [-0.25, -0.2) is 0 Å². The fourth-order valence-corrected chi connectivity index (χ4v) is 7.80. The Hall–Kier alpha value is -0.483. The predicted octanol–water partition coefficient (Wildman–Crippen LogP) is 5.91. The fourth-order valence-electron chi connectivity index (χ4n) is 3.98. The molecule has 1 saturated heterocycles. The van der Waals surface area contributed by atoms with Crippen molar-refractivity contribution in [2.75, 3.05) is 25.7 Å². The van der Waals surface area contributed by atoms with Crippen molar-refractivity contribution in [3.8, 4) is 0 Å². The first-order chi connectivity index (χ1) is 16.4. The number of benzene rings is 1. The van der Waals surface area contributed by atoms with Gasteiger partial charge in [-0.2, -0.15) is 0 Å². The number of ether oxygens (including phenoxy) is 2. The zero-order valence-corrected chi connectivity index (χ0v) is 25.3. The molecule has 1 aromatic carbocycles. The summed E-state index contributed by atoms with van der Waals surface area (Å²) < 4.78 is 30.6. The van der Waals surface area contributed by atoms with Gasteiger partial charge in [0, 0.05) is 30.3 Å². The number of aliphatic hydroxyl groups is 1. The number of rotatable bonds is 13. The van der Waals surface area contributed by atoms with E-state index in [1.165, 1.54) is 11.8 Å². The average Bonchev–Trinajstić information content (AvgIpc) is 2.80. The molecule has 1 fully saturated rings. The Morgan fingerprint density at radius 2 is 1.97 bits per heavy atom. The molecular formula is C27H46O5S2Si. The van der Waals surface area contributed by atoms with Crippen molar-refractivity contribution in [3.05, 3.63) is 48.0 Å². The molecule has 1 heterocycles. The van der Waals surface area contributed by atoms with Crippen molar-refractivity contribution in [1.82, 2.24) is 0 Å². The van der Waals surface area contributed by atoms with Crippen molar-refractivity contribution < 1.29 is 23.2 Å². The minimum atomic E-state index is -1.94. The number of hydrogen-bond donors (Lipinski definition) is 1. The van der Waals surface area contributed by atoms with Crippen LogP contribution in [0, 0.1) is 0 Å². The number of aliphatic hydroxyl groups excluding tert-OH is 1. The van der Waals surface area contributed by atoms with Gasteiger partial charge in [0.2, 0.25) is 0 Å². The van der Waals surface area contributed by atoms with Gasteiger partial charge >= 0.3 is 0 Å². The minimum Gasteiger partial charge on any atom is -0.411 e. The molecule has 2 rings (SSSR count). The Bertz CT molecular complexity index is 812. The van der Waals surface area contributed by atoms with E-state index < -0.39 is 29.3 Å². The summed E-state index contributed by atoms with van der Waals surface area (Å²) in [5.41, 5.74) is 1.13. The molecule has 0 aromatic heterocycles. The minimum absolute atomic E-state index is 0.0183. The van der Waals surface area contributed by atoms with Gasteiger partial charge in [0.15, 0.2) is 8.32 Å². The summed E-state index contributed by atoms with van der Waals surface area (Å²) in [5, 5.41) is 11.3. The van der Waals surface area contributed by atoms with Crippen LogP contribution in [0.5, 0.6) is 0 Å². The first kappa shape index (κ1) is 30.7. The van der Waals surface area contributed by atoms with Crippen LogP contribution >= 0.6 is 11.8 Å². The van der Waals surface area contributed by atoms with Crippen LogP contribution in [-0.4, -0.2) is 65.7 Å². The molecule has 1 aliphatic heterocycles. The highest BCUT2D eigenvalue weighted by Gasteiger charge is 2.42. The summed E-state index contributed by atoms with van der Waals surface area (Å²) in [6, 6.07) is 10.1. The molecule has 0 amide bonds. The Labute approximate surface area is 221 Å². The van der Waals surface area contributed by atoms with Crippen LogP contribution in [0.2, 0.25) is 18.1 Å². The van der Waals surface area contributed by atoms with Crippen molar-refractivity contribution in [2.45, 2.75) is 93.6 Å². The molecular weight excluding hydrogens is 497 g/mol. The van der Waals surface area contributed by atoms with Crippen molar-refractivity contribution in [1.29, 1.82) is 0 Å². The molecule has 5 atom stereocenters. The van der Waals surface area contributed by atoms with Crippen molar-refractivity contribution in [3.63, 3.8) is 0 Å². The summed E-state index contributed by atoms with van der Waals surface area (Å²) in [6.45, 7) is 13.0. The molecule has 0 aliphatic carbocycles. The number of thioether (sulfide) groups is 1. The molecule has 8 heteroatoms. The van der Waals surface area contributed by atoms with Crippen molar-refractivity contribution in [2.24, 2.45) is 0 Å². The van der Waals surface area contributed by atoms with Gasteiger partial charge in [-0.3, -0.25) is 4.21 Å². The monoisotopic (exact) mass is 542 g/mol. The average molecular weight is 543 g/mol. The van der Waals surface area contributed by atoms with E-state index in [9.17, 15) is 9.32 Å². The highest BCUT2D eigenvalue weighted by Crippen LogP contribution is 2.39. The van der Waals surface area contributed by atoms with Gasteiger partial charge < -0.3 is 19.0 Å². The van der Waals surface area contributed by atoms with E-state index in [-0.39, 0.29) is 17.2 Å². The second kappa shape index (κ2) is 13.9. The van der Waals surface area contributed by atoms with E-state index in [1.54, 1.807) is 12.3 Å². The Balaban J connectivity index is 2.01. The van der Waals surface area contributed by atoms with Gasteiger partial charge in [0.1, 0.15) is 10.2 Å². The highest BCUT2D eigenvalue weighted by molar-refractivity contribution is 8.12. The van der Waals surface area contributed by atoms with Crippen LogP contribution in [0.1, 0.15) is 52.0 Å². The molecule has 0 spiro atoms. The van der Waals surface area contributed by atoms with E-state index in [4.69, 9.17) is 13.9 Å². The topological polar surface area (TPSA) is 65.0 Å². The lowest BCUT2D eigenvalue weighted by Gasteiger charge is -2.42. The SMILES string of the molecule is CSC(CCCOCc1ccccc1)(C(O)/C=C\[C@H]1OCCC[C@@H]1O[Si](C)(C)C(C)(C)C)S(C)=O. The maximum Gasteiger partial charge on any atom is 0.192 e. The fraction of sp³-hybridized carbons (Fsp3) is 0.704. The zero-order valence-electron chi connectivity index (χ0n) is 22.6. The summed E-state index contributed by atoms with van der Waals surface area (Å²) in [4.78, 5) is 0. The molecule has 1 aliphatic rings. The smallest absolute Gasteiger partial charge is 0.192 e. The van der Waals surface area contributed by atoms with E-state index in [2.05, 4.69) is 33.9 Å². The third-order valence-corrected chi connectivity index (χ3v) is 15.5. The molecule has 0 saturated carbocycles. The molecule has 5 nitrogen and oxygen atoms in total. The molecule has 0 radical (unpaired) electrons. The maximum absolute atomic E-state index is 12.8. The summed E-state index contributed by atoms with van der Waals surface area (Å²) in [7, 11) is -3.18. The number of hydrogen-bond acceptors (Lipinski definition) is 6. The summed E-state index contributed by atoms with van der Waals surface area (Å²) in [5.74, 6) is 0. The predicted molar refractivity (Wildman–Crippen MR) is 152 cm³/mol. The lowest BCUT2D eigenvalue weighted by atomic mass is 10.0. The van der Waals surface area contributed by atoms with Crippen LogP contribution in [0.15, 0.2) is 42.5 Å². The normalized spacial score (nSPS) is 23.2. The van der Waals surface area contributed by atoms with Gasteiger partial charge in [-0.05, 0) is 55.6 Å². The highest BCUT2D eigenvalue weighted by atomic mass is 32.2. The second-order valence-electron chi connectivity index (χ2n) is 10.8. The molecule has 35 heavy (non-hydrogen) atoms. The molecule has 0 bridgehead atoms. The third-order valence-electron chi connectivity index (χ3n) is 7.25. The van der Waals surface area contributed by atoms with Crippen molar-refractivity contribution >= 4 is 30.9 Å². The summed E-state index contributed by atoms with van der Waals surface area (Å²) >= 11 is 1.47. The maximum atomic E-state index is 12.8. The van der Waals surface area contributed by atoms with Gasteiger partial charge in [-0.15, -0.1) is 11.8 Å². The van der Waals surface area contributed by atoms with Crippen LogP contribution < -0.4 is 0 Å². The Morgan fingerprint density at radius 3 is 2.57 bits per heavy atom. The largest absolute Gasteiger partial charge is 0.411 e. The van der Waals surface area contributed by atoms with E-state index >= 15 is 0 Å². The molecule has 3 unspecified atom stereocenters. The Morgan fingerprint density at radius 1 is 1.29 bits per heavy atom. The molecule has 1 aromatic rings. The third kappa shape index (κ3) is 8.80. The first-order valence-corrected chi connectivity index (χ1v) is 18.3. The molecule has 200 valence electrons. The second-order valence-corrected chi connectivity index (χ2v) is 18.6. The van der Waals surface area contributed by atoms with Crippen LogP contribution in [0.4, 0.5) is 0 Å². The zero-order chi connectivity index (χ0) is 26.1. The van der Waals surface area contributed by atoms with Crippen LogP contribution in [0.25, 0.3) is 0 Å². The summed E-state index contributed by atoms with van der Waals surface area (Å²) in [6.07, 6.45) is 9.46. The van der Waals surface area contributed by atoms with E-state index in [0.29, 0.717) is 26.2 Å². The van der Waals surface area contributed by atoms with Gasteiger partial charge in [0.25, 0.3) is 0 Å². The van der Waals surface area contributed by atoms with E-state index in [0.717, 1.165) is 24.8 Å². The standard InChI is InChI=1S/C27H46O5S2Si/c1-26(2,3)35(6,7)32-24-15-11-20-31-23(24)16-17-25(28)27(33-4,34(5)29)18-12-19-30-21-22-13-9-8-10-14-22/h8-10,13-14,16-17,23-25,28H,11-12,15,18-21H2,1-7H3/b17-16-/t23-,24+,25?,27?,34?/m1/s1. The van der Waals surface area contributed by atoms with Crippen LogP contribution in [0.3, 0.4) is 0 Å². The quantitative estimate of drug-likeness (QED) is 0.190. The first-order valence-electron chi connectivity index (χ1n) is 12.6. The van der Waals surface area contributed by atoms with E-state index in [1.807, 2.05) is 42.7 Å². The lowest BCUT2D eigenvalue weighted by molar-refractivity contribution is -0.0425. The van der Waals surface area contributed by atoms with Gasteiger partial charge in [0.05, 0.1) is 18.8 Å². The van der Waals surface area contributed by atoms with Crippen LogP contribution in [-0.2, 0) is 31.3 Å². The van der Waals surface area contributed by atoms with Gasteiger partial charge in [-0.1, -0.05) is 63.3 Å².